The van der Waals surface area contributed by atoms with Gasteiger partial charge in [0.2, 0.25) is 0 Å². The number of anilines is 1. The second kappa shape index (κ2) is 10.4. The van der Waals surface area contributed by atoms with E-state index in [9.17, 15) is 23.1 Å². The third-order valence-electron chi connectivity index (χ3n) is 5.40. The van der Waals surface area contributed by atoms with E-state index in [1.165, 1.54) is 46.3 Å². The van der Waals surface area contributed by atoms with E-state index in [1.807, 2.05) is 26.0 Å². The van der Waals surface area contributed by atoms with Crippen molar-refractivity contribution < 1.29 is 23.1 Å². The normalized spacial score (nSPS) is 15.7. The van der Waals surface area contributed by atoms with E-state index in [1.54, 1.807) is 6.07 Å². The minimum atomic E-state index is -3.75. The molecule has 0 aliphatic carbocycles. The lowest BCUT2D eigenvalue weighted by atomic mass is 10.1. The number of carboxylic acids is 1. The van der Waals surface area contributed by atoms with Gasteiger partial charge in [0.05, 0.1) is 16.1 Å². The highest BCUT2D eigenvalue weighted by Crippen LogP contribution is 2.29. The topological polar surface area (TPSA) is 104 Å². The Labute approximate surface area is 202 Å². The van der Waals surface area contributed by atoms with Gasteiger partial charge in [-0.2, -0.15) is 0 Å². The number of halogens is 1. The van der Waals surface area contributed by atoms with Crippen molar-refractivity contribution in [3.05, 3.63) is 81.5 Å². The molecule has 2 aromatic carbocycles. The van der Waals surface area contributed by atoms with E-state index in [2.05, 4.69) is 21.2 Å². The van der Waals surface area contributed by atoms with Gasteiger partial charge in [0.1, 0.15) is 0 Å². The van der Waals surface area contributed by atoms with Crippen LogP contribution in [0.3, 0.4) is 0 Å². The zero-order chi connectivity index (χ0) is 24.2. The Balaban J connectivity index is 1.81. The molecule has 7 nitrogen and oxygen atoms in total. The number of nitrogens with zero attached hydrogens (tertiary/aromatic N) is 1. The number of hydrogen-bond donors (Lipinski definition) is 2. The summed E-state index contributed by atoms with van der Waals surface area (Å²) in [5.41, 5.74) is 2.22. The van der Waals surface area contributed by atoms with Crippen LogP contribution in [0.1, 0.15) is 53.8 Å². The number of carboxylic acid groups (broad SMARTS) is 1. The predicted molar refractivity (Wildman–Crippen MR) is 131 cm³/mol. The Morgan fingerprint density at radius 2 is 1.88 bits per heavy atom. The van der Waals surface area contributed by atoms with Gasteiger partial charge in [-0.3, -0.25) is 9.10 Å². The van der Waals surface area contributed by atoms with Gasteiger partial charge < -0.3 is 10.4 Å². The molecule has 2 N–H and O–H groups in total. The summed E-state index contributed by atoms with van der Waals surface area (Å²) in [6, 6.07) is 10.1. The first kappa shape index (κ1) is 24.7. The molecular formula is C24H25BrN2O5S. The quantitative estimate of drug-likeness (QED) is 0.495. The molecule has 0 saturated carbocycles. The summed E-state index contributed by atoms with van der Waals surface area (Å²) in [6.07, 6.45) is 6.15. The van der Waals surface area contributed by atoms with E-state index in [0.717, 1.165) is 18.5 Å². The minimum absolute atomic E-state index is 0.0577. The van der Waals surface area contributed by atoms with Crippen molar-refractivity contribution in [2.75, 3.05) is 11.9 Å². The van der Waals surface area contributed by atoms with Crippen LogP contribution in [-0.2, 0) is 10.0 Å². The lowest BCUT2D eigenvalue weighted by molar-refractivity contribution is 0.0698. The molecule has 0 aromatic heterocycles. The highest BCUT2D eigenvalue weighted by atomic mass is 79.9. The van der Waals surface area contributed by atoms with Gasteiger partial charge in [-0.1, -0.05) is 34.5 Å². The maximum absolute atomic E-state index is 13.2. The molecule has 9 heteroatoms. The summed E-state index contributed by atoms with van der Waals surface area (Å²) >= 11 is 3.21. The highest BCUT2D eigenvalue weighted by molar-refractivity contribution is 9.10. The first-order chi connectivity index (χ1) is 15.6. The number of benzene rings is 2. The van der Waals surface area contributed by atoms with Crippen LogP contribution < -0.4 is 5.32 Å². The molecule has 1 aliphatic rings. The first-order valence-electron chi connectivity index (χ1n) is 10.5. The molecule has 1 aliphatic heterocycles. The number of nitrogens with one attached hydrogen (secondary N) is 1. The summed E-state index contributed by atoms with van der Waals surface area (Å²) in [5.74, 6) is -1.71. The number of hydrogen-bond acceptors (Lipinski definition) is 4. The van der Waals surface area contributed by atoms with Crippen LogP contribution in [-0.4, -0.2) is 36.3 Å². The number of carbonyl (C=O) groups excluding carboxylic acids is 1. The third kappa shape index (κ3) is 5.72. The van der Waals surface area contributed by atoms with Crippen molar-refractivity contribution in [2.45, 2.75) is 38.0 Å². The third-order valence-corrected chi connectivity index (χ3v) is 7.76. The van der Waals surface area contributed by atoms with Gasteiger partial charge in [-0.15, -0.1) is 0 Å². The fourth-order valence-electron chi connectivity index (χ4n) is 3.37. The van der Waals surface area contributed by atoms with Gasteiger partial charge in [0, 0.05) is 22.3 Å². The van der Waals surface area contributed by atoms with Crippen LogP contribution in [0.25, 0.3) is 0 Å². The van der Waals surface area contributed by atoms with Crippen LogP contribution in [0.2, 0.25) is 0 Å². The van der Waals surface area contributed by atoms with Crippen molar-refractivity contribution >= 4 is 43.5 Å². The zero-order valence-corrected chi connectivity index (χ0v) is 20.7. The summed E-state index contributed by atoms with van der Waals surface area (Å²) in [4.78, 5) is 24.2. The molecule has 1 amide bonds. The average Bonchev–Trinajstić information content (AvgIpc) is 3.28. The molecular weight excluding hydrogens is 508 g/mol. The predicted octanol–water partition coefficient (Wildman–Crippen LogP) is 5.42. The number of sulfonamides is 1. The fourth-order valence-corrected chi connectivity index (χ4v) is 5.30. The molecule has 1 fully saturated rings. The molecule has 174 valence electrons. The molecule has 2 aromatic rings. The summed E-state index contributed by atoms with van der Waals surface area (Å²) < 4.78 is 28.3. The van der Waals surface area contributed by atoms with Gasteiger partial charge in [-0.05, 0) is 74.7 Å². The Morgan fingerprint density at radius 3 is 2.52 bits per heavy atom. The largest absolute Gasteiger partial charge is 0.478 e. The molecule has 33 heavy (non-hydrogen) atoms. The van der Waals surface area contributed by atoms with Gasteiger partial charge in [-0.25, -0.2) is 13.2 Å². The van der Waals surface area contributed by atoms with E-state index < -0.39 is 21.9 Å². The molecule has 0 bridgehead atoms. The van der Waals surface area contributed by atoms with Crippen molar-refractivity contribution in [1.29, 1.82) is 0 Å². The molecule has 0 radical (unpaired) electrons. The van der Waals surface area contributed by atoms with Gasteiger partial charge in [0.15, 0.2) is 0 Å². The number of rotatable bonds is 7. The van der Waals surface area contributed by atoms with Crippen molar-refractivity contribution in [2.24, 2.45) is 0 Å². The number of allylic oxidation sites excluding steroid dienone is 4. The summed E-state index contributed by atoms with van der Waals surface area (Å²) in [7, 11) is -3.75. The monoisotopic (exact) mass is 532 g/mol. The number of aromatic carboxylic acids is 1. The molecule has 3 rings (SSSR count). The zero-order valence-electron chi connectivity index (χ0n) is 18.3. The SMILES string of the molecule is CC/C(C)=C/C=C1\CCCN1S(=O)(=O)c1ccc(C(=O)Nc2ccc(Br)cc2C(=O)O)cc1. The van der Waals surface area contributed by atoms with E-state index in [0.29, 0.717) is 17.4 Å². The molecule has 1 saturated heterocycles. The van der Waals surface area contributed by atoms with Crippen molar-refractivity contribution in [3.63, 3.8) is 0 Å². The number of amides is 1. The lowest BCUT2D eigenvalue weighted by Gasteiger charge is -2.20. The molecule has 0 spiro atoms. The van der Waals surface area contributed by atoms with Crippen LogP contribution in [0.5, 0.6) is 0 Å². The Morgan fingerprint density at radius 1 is 1.18 bits per heavy atom. The molecule has 1 heterocycles. The van der Waals surface area contributed by atoms with Crippen LogP contribution >= 0.6 is 15.9 Å². The smallest absolute Gasteiger partial charge is 0.337 e. The lowest BCUT2D eigenvalue weighted by Crippen LogP contribution is -2.26. The molecule has 0 unspecified atom stereocenters. The summed E-state index contributed by atoms with van der Waals surface area (Å²) in [6.45, 7) is 4.46. The first-order valence-corrected chi connectivity index (χ1v) is 12.7. The minimum Gasteiger partial charge on any atom is -0.478 e. The number of carbonyl (C=O) groups is 2. The highest BCUT2D eigenvalue weighted by Gasteiger charge is 2.30. The molecule has 0 atom stereocenters. The second-order valence-corrected chi connectivity index (χ2v) is 10.5. The van der Waals surface area contributed by atoms with E-state index >= 15 is 0 Å². The van der Waals surface area contributed by atoms with Crippen LogP contribution in [0.4, 0.5) is 5.69 Å². The standard InChI is InChI=1S/C24H25BrN2O5S/c1-3-16(2)6-10-19-5-4-14-27(19)33(31,32)20-11-7-17(8-12-20)23(28)26-22-13-9-18(25)15-21(22)24(29)30/h6-13,15H,3-5,14H2,1-2H3,(H,26,28)(H,29,30)/b16-6+,19-10+. The fraction of sp³-hybridized carbons (Fsp3) is 0.250. The van der Waals surface area contributed by atoms with Crippen molar-refractivity contribution in [3.8, 4) is 0 Å². The second-order valence-electron chi connectivity index (χ2n) is 7.68. The van der Waals surface area contributed by atoms with Gasteiger partial charge in [0.25, 0.3) is 15.9 Å². The van der Waals surface area contributed by atoms with Crippen LogP contribution in [0, 0.1) is 0 Å². The van der Waals surface area contributed by atoms with Crippen molar-refractivity contribution in [1.82, 2.24) is 4.31 Å². The maximum Gasteiger partial charge on any atom is 0.337 e. The Hall–Kier alpha value is -2.91. The maximum atomic E-state index is 13.2. The van der Waals surface area contributed by atoms with E-state index in [4.69, 9.17) is 0 Å². The van der Waals surface area contributed by atoms with E-state index in [-0.39, 0.29) is 21.7 Å². The Bertz CT molecular complexity index is 1230. The van der Waals surface area contributed by atoms with Crippen LogP contribution in [0.15, 0.2) is 75.3 Å². The summed E-state index contributed by atoms with van der Waals surface area (Å²) in [5, 5.41) is 11.9. The average molecular weight is 533 g/mol. The Kier molecular flexibility index (Phi) is 7.76. The van der Waals surface area contributed by atoms with Gasteiger partial charge >= 0.3 is 5.97 Å².